The highest BCUT2D eigenvalue weighted by atomic mass is 16.5. The minimum Gasteiger partial charge on any atom is -0.481 e. The highest BCUT2D eigenvalue weighted by Crippen LogP contribution is 2.31. The van der Waals surface area contributed by atoms with E-state index in [-0.39, 0.29) is 5.92 Å². The van der Waals surface area contributed by atoms with E-state index in [0.29, 0.717) is 13.0 Å². The smallest absolute Gasteiger partial charge is 0.309 e. The molecule has 15 heavy (non-hydrogen) atoms. The molecule has 0 bridgehead atoms. The molecule has 0 fully saturated rings. The average molecular weight is 216 g/mol. The van der Waals surface area contributed by atoms with E-state index in [1.54, 1.807) is 6.92 Å². The minimum atomic E-state index is -0.725. The Morgan fingerprint density at radius 2 is 2.00 bits per heavy atom. The van der Waals surface area contributed by atoms with Gasteiger partial charge >= 0.3 is 5.97 Å². The van der Waals surface area contributed by atoms with Gasteiger partial charge in [0.15, 0.2) is 0 Å². The maximum absolute atomic E-state index is 11.1. The Morgan fingerprint density at radius 1 is 1.40 bits per heavy atom. The number of hydrogen-bond acceptors (Lipinski definition) is 2. The summed E-state index contributed by atoms with van der Waals surface area (Å²) in [5.74, 6) is -0.596. The normalized spacial score (nSPS) is 15.3. The number of hydrogen-bond donors (Lipinski definition) is 1. The lowest BCUT2D eigenvalue weighted by molar-refractivity contribution is -0.152. The van der Waals surface area contributed by atoms with Crippen molar-refractivity contribution in [1.82, 2.24) is 0 Å². The van der Waals surface area contributed by atoms with Crippen LogP contribution in [-0.4, -0.2) is 24.3 Å². The third-order valence-electron chi connectivity index (χ3n) is 3.17. The topological polar surface area (TPSA) is 46.5 Å². The summed E-state index contributed by atoms with van der Waals surface area (Å²) in [6.45, 7) is 9.08. The largest absolute Gasteiger partial charge is 0.481 e. The quantitative estimate of drug-likeness (QED) is 0.634. The van der Waals surface area contributed by atoms with Crippen molar-refractivity contribution in [1.29, 1.82) is 0 Å². The third-order valence-corrected chi connectivity index (χ3v) is 3.17. The van der Waals surface area contributed by atoms with Gasteiger partial charge in [-0.3, -0.25) is 4.79 Å². The molecule has 0 rings (SSSR count). The molecule has 0 aromatic carbocycles. The second-order valence-corrected chi connectivity index (χ2v) is 4.59. The molecular formula is C12H24O3. The first-order valence-corrected chi connectivity index (χ1v) is 5.76. The molecule has 3 heteroatoms. The van der Waals surface area contributed by atoms with Gasteiger partial charge in [-0.1, -0.05) is 27.2 Å². The molecule has 0 saturated heterocycles. The van der Waals surface area contributed by atoms with E-state index >= 15 is 0 Å². The maximum Gasteiger partial charge on any atom is 0.309 e. The van der Waals surface area contributed by atoms with Crippen LogP contribution in [-0.2, 0) is 9.53 Å². The zero-order valence-corrected chi connectivity index (χ0v) is 10.4. The predicted octanol–water partition coefficient (Wildman–Crippen LogP) is 2.94. The number of ether oxygens (including phenoxy) is 1. The standard InChI is InChI=1S/C12H24O3/c1-5-6-8-15-9-7-12(4,10(2)3)11(13)14/h10H,5-9H2,1-4H3,(H,13,14). The molecule has 0 heterocycles. The lowest BCUT2D eigenvalue weighted by atomic mass is 9.77. The van der Waals surface area contributed by atoms with Gasteiger partial charge in [-0.05, 0) is 25.7 Å². The minimum absolute atomic E-state index is 0.129. The second kappa shape index (κ2) is 6.83. The van der Waals surface area contributed by atoms with E-state index in [1.807, 2.05) is 13.8 Å². The van der Waals surface area contributed by atoms with Gasteiger partial charge in [0.25, 0.3) is 0 Å². The first-order chi connectivity index (χ1) is 6.95. The molecule has 1 N–H and O–H groups in total. The van der Waals surface area contributed by atoms with E-state index in [1.165, 1.54) is 0 Å². The molecule has 0 amide bonds. The fourth-order valence-corrected chi connectivity index (χ4v) is 1.28. The lowest BCUT2D eigenvalue weighted by Gasteiger charge is -2.28. The Morgan fingerprint density at radius 3 is 2.40 bits per heavy atom. The van der Waals surface area contributed by atoms with Crippen LogP contribution in [0.2, 0.25) is 0 Å². The summed E-state index contributed by atoms with van der Waals surface area (Å²) < 4.78 is 5.41. The number of carbonyl (C=O) groups is 1. The molecule has 0 spiro atoms. The van der Waals surface area contributed by atoms with Gasteiger partial charge in [-0.15, -0.1) is 0 Å². The van der Waals surface area contributed by atoms with E-state index < -0.39 is 11.4 Å². The van der Waals surface area contributed by atoms with Crippen LogP contribution in [0.1, 0.15) is 47.0 Å². The Kier molecular flexibility index (Phi) is 6.57. The molecule has 1 atom stereocenters. The fraction of sp³-hybridized carbons (Fsp3) is 0.917. The average Bonchev–Trinajstić information content (AvgIpc) is 2.16. The van der Waals surface area contributed by atoms with E-state index in [9.17, 15) is 4.79 Å². The van der Waals surface area contributed by atoms with Crippen LogP contribution in [0.25, 0.3) is 0 Å². The van der Waals surface area contributed by atoms with Crippen LogP contribution in [0, 0.1) is 11.3 Å². The molecule has 0 aliphatic rings. The summed E-state index contributed by atoms with van der Waals surface area (Å²) >= 11 is 0. The van der Waals surface area contributed by atoms with Crippen molar-refractivity contribution >= 4 is 5.97 Å². The summed E-state index contributed by atoms with van der Waals surface area (Å²) in [7, 11) is 0. The monoisotopic (exact) mass is 216 g/mol. The molecule has 0 aromatic heterocycles. The van der Waals surface area contributed by atoms with Gasteiger partial charge in [0, 0.05) is 13.2 Å². The van der Waals surface area contributed by atoms with Crippen molar-refractivity contribution in [2.45, 2.75) is 47.0 Å². The van der Waals surface area contributed by atoms with Crippen LogP contribution in [0.5, 0.6) is 0 Å². The summed E-state index contributed by atoms with van der Waals surface area (Å²) in [5, 5.41) is 9.15. The summed E-state index contributed by atoms with van der Waals surface area (Å²) in [6, 6.07) is 0. The van der Waals surface area contributed by atoms with Crippen LogP contribution in [0.4, 0.5) is 0 Å². The number of rotatable bonds is 8. The van der Waals surface area contributed by atoms with E-state index in [4.69, 9.17) is 9.84 Å². The molecule has 0 aliphatic heterocycles. The van der Waals surface area contributed by atoms with Crippen LogP contribution >= 0.6 is 0 Å². The Hall–Kier alpha value is -0.570. The Balaban J connectivity index is 3.93. The first kappa shape index (κ1) is 14.4. The highest BCUT2D eigenvalue weighted by Gasteiger charge is 2.35. The Labute approximate surface area is 92.8 Å². The summed E-state index contributed by atoms with van der Waals surface area (Å²) in [6.07, 6.45) is 2.75. The van der Waals surface area contributed by atoms with E-state index in [2.05, 4.69) is 6.92 Å². The number of aliphatic carboxylic acids is 1. The van der Waals surface area contributed by atoms with Crippen molar-refractivity contribution in [2.75, 3.05) is 13.2 Å². The molecule has 90 valence electrons. The van der Waals surface area contributed by atoms with Crippen molar-refractivity contribution in [3.05, 3.63) is 0 Å². The molecule has 0 radical (unpaired) electrons. The zero-order chi connectivity index (χ0) is 11.9. The lowest BCUT2D eigenvalue weighted by Crippen LogP contribution is -2.34. The van der Waals surface area contributed by atoms with Gasteiger partial charge in [0.05, 0.1) is 5.41 Å². The second-order valence-electron chi connectivity index (χ2n) is 4.59. The SMILES string of the molecule is CCCCOCCC(C)(C(=O)O)C(C)C. The van der Waals surface area contributed by atoms with Gasteiger partial charge in [0.2, 0.25) is 0 Å². The molecule has 0 aromatic rings. The van der Waals surface area contributed by atoms with Crippen molar-refractivity contribution < 1.29 is 14.6 Å². The molecular weight excluding hydrogens is 192 g/mol. The molecule has 3 nitrogen and oxygen atoms in total. The first-order valence-electron chi connectivity index (χ1n) is 5.76. The van der Waals surface area contributed by atoms with Gasteiger partial charge < -0.3 is 9.84 Å². The number of unbranched alkanes of at least 4 members (excludes halogenated alkanes) is 1. The highest BCUT2D eigenvalue weighted by molar-refractivity contribution is 5.74. The summed E-state index contributed by atoms with van der Waals surface area (Å²) in [5.41, 5.74) is -0.661. The molecule has 0 aliphatic carbocycles. The maximum atomic E-state index is 11.1. The molecule has 0 saturated carbocycles. The van der Waals surface area contributed by atoms with Crippen LogP contribution in [0.15, 0.2) is 0 Å². The number of carboxylic acid groups (broad SMARTS) is 1. The third kappa shape index (κ3) is 4.65. The zero-order valence-electron chi connectivity index (χ0n) is 10.4. The fourth-order valence-electron chi connectivity index (χ4n) is 1.28. The van der Waals surface area contributed by atoms with Crippen molar-refractivity contribution in [3.8, 4) is 0 Å². The predicted molar refractivity (Wildman–Crippen MR) is 60.9 cm³/mol. The van der Waals surface area contributed by atoms with Gasteiger partial charge in [0.1, 0.15) is 0 Å². The molecule has 1 unspecified atom stereocenters. The van der Waals surface area contributed by atoms with E-state index in [0.717, 1.165) is 19.4 Å². The van der Waals surface area contributed by atoms with Crippen molar-refractivity contribution in [2.24, 2.45) is 11.3 Å². The van der Waals surface area contributed by atoms with Gasteiger partial charge in [-0.25, -0.2) is 0 Å². The van der Waals surface area contributed by atoms with Crippen LogP contribution in [0.3, 0.4) is 0 Å². The Bertz CT molecular complexity index is 189. The van der Waals surface area contributed by atoms with Crippen LogP contribution < -0.4 is 0 Å². The number of carboxylic acids is 1. The van der Waals surface area contributed by atoms with Crippen molar-refractivity contribution in [3.63, 3.8) is 0 Å². The van der Waals surface area contributed by atoms with Gasteiger partial charge in [-0.2, -0.15) is 0 Å². The summed E-state index contributed by atoms with van der Waals surface area (Å²) in [4.78, 5) is 11.1.